The molecule has 3 atom stereocenters. The summed E-state index contributed by atoms with van der Waals surface area (Å²) in [5.41, 5.74) is 0. The van der Waals surface area contributed by atoms with Crippen LogP contribution in [0.2, 0.25) is 0 Å². The van der Waals surface area contributed by atoms with Gasteiger partial charge in [-0.2, -0.15) is 0 Å². The molecule has 1 aliphatic heterocycles. The van der Waals surface area contributed by atoms with Crippen molar-refractivity contribution in [3.05, 3.63) is 19.2 Å². The quantitative estimate of drug-likeness (QED) is 0.228. The van der Waals surface area contributed by atoms with Gasteiger partial charge in [0, 0.05) is 0 Å². The van der Waals surface area contributed by atoms with Crippen molar-refractivity contribution in [1.82, 2.24) is 4.90 Å². The van der Waals surface area contributed by atoms with Crippen molar-refractivity contribution in [2.75, 3.05) is 0 Å². The second-order valence-corrected chi connectivity index (χ2v) is 3.29. The first-order chi connectivity index (χ1) is 5.29. The molecule has 1 fully saturated rings. The van der Waals surface area contributed by atoms with Gasteiger partial charge in [-0.05, 0) is 18.9 Å². The van der Waals surface area contributed by atoms with E-state index < -0.39 is 0 Å². The average Bonchev–Trinajstić information content (AvgIpc) is 2.78. The van der Waals surface area contributed by atoms with Gasteiger partial charge >= 0.3 is 18.9 Å². The van der Waals surface area contributed by atoms with Crippen LogP contribution in [0.5, 0.6) is 0 Å². The Bertz CT molecular complexity index is 136. The van der Waals surface area contributed by atoms with E-state index in [1.165, 1.54) is 12.8 Å². The van der Waals surface area contributed by atoms with Gasteiger partial charge in [-0.25, -0.2) is 0 Å². The molecule has 1 rings (SSSR count). The molecule has 1 aliphatic rings. The molecular weight excluding hydrogens is 141 g/mol. The summed E-state index contributed by atoms with van der Waals surface area (Å²) in [7, 11) is 0. The Morgan fingerprint density at radius 2 is 2.33 bits per heavy atom. The zero-order valence-electron chi connectivity index (χ0n) is 8.59. The largest absolute Gasteiger partial charge is 1.00 e. The van der Waals surface area contributed by atoms with Crippen molar-refractivity contribution < 1.29 is 18.9 Å². The normalized spacial score (nSPS) is 28.8. The summed E-state index contributed by atoms with van der Waals surface area (Å²) in [5, 5.41) is 0. The summed E-state index contributed by atoms with van der Waals surface area (Å²) in [6, 6.07) is 1.49. The zero-order chi connectivity index (χ0) is 8.27. The molecule has 1 nitrogen and oxygen atoms in total. The fourth-order valence-corrected chi connectivity index (χ4v) is 1.36. The minimum Gasteiger partial charge on any atom is -0.474 e. The van der Waals surface area contributed by atoms with Crippen molar-refractivity contribution >= 4 is 0 Å². The first-order valence-corrected chi connectivity index (χ1v) is 4.53. The van der Waals surface area contributed by atoms with Crippen LogP contribution in [-0.4, -0.2) is 17.0 Å². The predicted octanol–water partition coefficient (Wildman–Crippen LogP) is -0.399. The van der Waals surface area contributed by atoms with Gasteiger partial charge in [0.2, 0.25) is 0 Å². The molecule has 0 radical (unpaired) electrons. The van der Waals surface area contributed by atoms with Crippen LogP contribution < -0.4 is 18.9 Å². The van der Waals surface area contributed by atoms with E-state index in [4.69, 9.17) is 0 Å². The van der Waals surface area contributed by atoms with Crippen molar-refractivity contribution in [2.45, 2.75) is 45.2 Å². The minimum absolute atomic E-state index is 0. The van der Waals surface area contributed by atoms with E-state index in [0.29, 0.717) is 0 Å². The van der Waals surface area contributed by atoms with Crippen LogP contribution >= 0.6 is 0 Å². The molecule has 0 aromatic heterocycles. The van der Waals surface area contributed by atoms with Gasteiger partial charge in [-0.3, -0.25) is 6.54 Å². The first kappa shape index (κ1) is 12.3. The Hall–Kier alpha value is 0.297. The molecule has 0 saturated carbocycles. The van der Waals surface area contributed by atoms with Crippen LogP contribution in [0, 0.1) is 6.54 Å². The van der Waals surface area contributed by atoms with Crippen LogP contribution in [-0.2, 0) is 0 Å². The number of hydrogen-bond acceptors (Lipinski definition) is 1. The third-order valence-corrected chi connectivity index (χ3v) is 2.40. The maximum atomic E-state index is 3.72. The Kier molecular flexibility index (Phi) is 6.01. The third kappa shape index (κ3) is 3.35. The fourth-order valence-electron chi connectivity index (χ4n) is 1.36. The van der Waals surface area contributed by atoms with Gasteiger partial charge in [0.15, 0.2) is 0 Å². The summed E-state index contributed by atoms with van der Waals surface area (Å²) >= 11 is 0. The Morgan fingerprint density at radius 1 is 1.67 bits per heavy atom. The topological polar surface area (TPSA) is 3.01 Å². The molecule has 12 heavy (non-hydrogen) atoms. The van der Waals surface area contributed by atoms with Gasteiger partial charge in [0.25, 0.3) is 0 Å². The van der Waals surface area contributed by atoms with E-state index in [1.807, 2.05) is 6.08 Å². The molecule has 2 heteroatoms. The summed E-state index contributed by atoms with van der Waals surface area (Å²) in [4.78, 5) is 2.45. The Morgan fingerprint density at radius 3 is 2.83 bits per heavy atom. The Balaban J connectivity index is 0.00000121. The van der Waals surface area contributed by atoms with Gasteiger partial charge in [0.1, 0.15) is 0 Å². The second-order valence-electron chi connectivity index (χ2n) is 3.29. The van der Waals surface area contributed by atoms with Crippen molar-refractivity contribution in [3.63, 3.8) is 0 Å². The molecule has 0 spiro atoms. The van der Waals surface area contributed by atoms with E-state index in [0.717, 1.165) is 18.5 Å². The molecule has 0 aromatic rings. The molecule has 3 unspecified atom stereocenters. The van der Waals surface area contributed by atoms with E-state index in [-0.39, 0.29) is 18.9 Å². The molecule has 0 N–H and O–H groups in total. The van der Waals surface area contributed by atoms with Crippen molar-refractivity contribution in [3.8, 4) is 0 Å². The third-order valence-electron chi connectivity index (χ3n) is 2.40. The summed E-state index contributed by atoms with van der Waals surface area (Å²) in [6.07, 6.45) is 5.66. The van der Waals surface area contributed by atoms with Gasteiger partial charge in [-0.1, -0.05) is 26.3 Å². The molecule has 0 aliphatic carbocycles. The summed E-state index contributed by atoms with van der Waals surface area (Å²) in [5.74, 6) is 0. The van der Waals surface area contributed by atoms with E-state index >= 15 is 0 Å². The first-order valence-electron chi connectivity index (χ1n) is 4.53. The number of allylic oxidation sites excluding steroid dienone is 1. The summed E-state index contributed by atoms with van der Waals surface area (Å²) in [6.45, 7) is 10.6. The second kappa shape index (κ2) is 5.86. The predicted molar refractivity (Wildman–Crippen MR) is 49.1 cm³/mol. The maximum absolute atomic E-state index is 3.72. The van der Waals surface area contributed by atoms with Gasteiger partial charge in [0.05, 0.1) is 0 Å². The van der Waals surface area contributed by atoms with Crippen LogP contribution in [0.4, 0.5) is 0 Å². The van der Waals surface area contributed by atoms with Crippen LogP contribution in [0.3, 0.4) is 0 Å². The van der Waals surface area contributed by atoms with Crippen molar-refractivity contribution in [1.29, 1.82) is 0 Å². The summed E-state index contributed by atoms with van der Waals surface area (Å²) < 4.78 is 0. The van der Waals surface area contributed by atoms with Gasteiger partial charge < -0.3 is 4.90 Å². The molecule has 1 saturated heterocycles. The number of hydrogen-bond donors (Lipinski definition) is 0. The molecule has 64 valence electrons. The van der Waals surface area contributed by atoms with Crippen LogP contribution in [0.15, 0.2) is 12.7 Å². The molecule has 0 amide bonds. The SMILES string of the molecule is C=CCCC1[CH-]N1C(C)CC.[Li+]. The molecule has 1 heterocycles. The van der Waals surface area contributed by atoms with Crippen LogP contribution in [0.1, 0.15) is 33.1 Å². The van der Waals surface area contributed by atoms with E-state index in [1.54, 1.807) is 0 Å². The molecular formula is C10H18LiN. The zero-order valence-corrected chi connectivity index (χ0v) is 8.59. The minimum atomic E-state index is 0. The Labute approximate surface area is 88.4 Å². The monoisotopic (exact) mass is 159 g/mol. The standard InChI is InChI=1S/C10H18N.Li/c1-4-6-7-10-8-11(10)9(3)5-2;/h4,8-10H,1,5-7H2,2-3H3;/q-1;+1. The average molecular weight is 159 g/mol. The maximum Gasteiger partial charge on any atom is 1.00 e. The number of nitrogens with zero attached hydrogens (tertiary/aromatic N) is 1. The van der Waals surface area contributed by atoms with E-state index in [9.17, 15) is 0 Å². The van der Waals surface area contributed by atoms with E-state index in [2.05, 4.69) is 31.9 Å². The molecule has 0 aromatic carbocycles. The number of rotatable bonds is 5. The fraction of sp³-hybridized carbons (Fsp3) is 0.700. The van der Waals surface area contributed by atoms with Crippen LogP contribution in [0.25, 0.3) is 0 Å². The smallest absolute Gasteiger partial charge is 0.474 e. The van der Waals surface area contributed by atoms with Crippen molar-refractivity contribution in [2.24, 2.45) is 0 Å². The molecule has 0 bridgehead atoms. The van der Waals surface area contributed by atoms with Gasteiger partial charge in [-0.15, -0.1) is 12.6 Å².